The Morgan fingerprint density at radius 3 is 1.39 bits per heavy atom. The summed E-state index contributed by atoms with van der Waals surface area (Å²) in [5.74, 6) is 1.87. The zero-order chi connectivity index (χ0) is 40.1. The molecule has 0 saturated heterocycles. The zero-order valence-electron chi connectivity index (χ0n) is 33.2. The average molecular weight is 776 g/mol. The van der Waals surface area contributed by atoms with E-state index in [1.165, 1.54) is 71.3 Å². The van der Waals surface area contributed by atoms with Crippen LogP contribution >= 0.6 is 0 Å². The molecular formula is C59H37NO. The first-order valence-electron chi connectivity index (χ1n) is 21.1. The first-order valence-corrected chi connectivity index (χ1v) is 21.1. The highest BCUT2D eigenvalue weighted by atomic mass is 16.5. The van der Waals surface area contributed by atoms with Crippen molar-refractivity contribution in [3.63, 3.8) is 0 Å². The molecule has 2 aliphatic rings. The summed E-state index contributed by atoms with van der Waals surface area (Å²) in [6.45, 7) is 0. The van der Waals surface area contributed by atoms with Crippen LogP contribution in [-0.4, -0.2) is 0 Å². The molecule has 1 heterocycles. The summed E-state index contributed by atoms with van der Waals surface area (Å²) in [7, 11) is 0. The van der Waals surface area contributed by atoms with E-state index in [0.29, 0.717) is 0 Å². The van der Waals surface area contributed by atoms with E-state index in [9.17, 15) is 0 Å². The number of benzene rings is 11. The summed E-state index contributed by atoms with van der Waals surface area (Å²) >= 11 is 0. The van der Waals surface area contributed by atoms with Gasteiger partial charge in [0, 0.05) is 38.4 Å². The maximum Gasteiger partial charge on any atom is 0.140 e. The van der Waals surface area contributed by atoms with Gasteiger partial charge in [0.2, 0.25) is 0 Å². The summed E-state index contributed by atoms with van der Waals surface area (Å²) < 4.78 is 7.17. The lowest BCUT2D eigenvalue weighted by Gasteiger charge is -2.40. The monoisotopic (exact) mass is 775 g/mol. The molecule has 1 spiro atoms. The SMILES string of the molecule is c1cc(-c2ccc3c(c2)-c2ccccc2C32c3ccc4ccccc4c3Oc3c2ccc2ccccc32)cc(N(c2cccc3ccccc23)c2cccc3ccccc23)c1. The number of fused-ring (bicyclic) bond motifs is 15. The average Bonchev–Trinajstić information content (AvgIpc) is 3.61. The van der Waals surface area contributed by atoms with Crippen molar-refractivity contribution in [1.82, 2.24) is 0 Å². The summed E-state index contributed by atoms with van der Waals surface area (Å²) in [5.41, 5.74) is 12.6. The van der Waals surface area contributed by atoms with Crippen LogP contribution in [0.4, 0.5) is 17.1 Å². The van der Waals surface area contributed by atoms with Gasteiger partial charge in [-0.15, -0.1) is 0 Å². The Balaban J connectivity index is 1.04. The minimum atomic E-state index is -0.581. The first kappa shape index (κ1) is 34.0. The second-order valence-electron chi connectivity index (χ2n) is 16.4. The Morgan fingerprint density at radius 2 is 0.770 bits per heavy atom. The van der Waals surface area contributed by atoms with Crippen LogP contribution in [0.2, 0.25) is 0 Å². The van der Waals surface area contributed by atoms with Crippen LogP contribution in [0.5, 0.6) is 11.5 Å². The van der Waals surface area contributed by atoms with Crippen molar-refractivity contribution in [2.45, 2.75) is 5.41 Å². The third kappa shape index (κ3) is 4.85. The molecule has 0 amide bonds. The molecule has 284 valence electrons. The highest BCUT2D eigenvalue weighted by molar-refractivity contribution is 6.05. The van der Waals surface area contributed by atoms with E-state index in [4.69, 9.17) is 4.74 Å². The third-order valence-electron chi connectivity index (χ3n) is 13.3. The number of anilines is 3. The molecule has 11 aromatic carbocycles. The Bertz CT molecular complexity index is 3420. The van der Waals surface area contributed by atoms with Gasteiger partial charge in [-0.3, -0.25) is 0 Å². The Morgan fingerprint density at radius 1 is 0.311 bits per heavy atom. The van der Waals surface area contributed by atoms with Crippen LogP contribution in [0.3, 0.4) is 0 Å². The number of ether oxygens (including phenoxy) is 1. The van der Waals surface area contributed by atoms with Gasteiger partial charge in [-0.05, 0) is 85.3 Å². The number of hydrogen-bond donors (Lipinski definition) is 0. The van der Waals surface area contributed by atoms with Gasteiger partial charge in [-0.1, -0.05) is 194 Å². The zero-order valence-corrected chi connectivity index (χ0v) is 33.2. The summed E-state index contributed by atoms with van der Waals surface area (Å²) in [5, 5.41) is 9.43. The highest BCUT2D eigenvalue weighted by Crippen LogP contribution is 2.64. The Kier molecular flexibility index (Phi) is 7.26. The lowest BCUT2D eigenvalue weighted by molar-refractivity contribution is 0.447. The summed E-state index contributed by atoms with van der Waals surface area (Å²) in [4.78, 5) is 2.44. The Hall–Kier alpha value is -7.94. The van der Waals surface area contributed by atoms with Gasteiger partial charge in [0.25, 0.3) is 0 Å². The fourth-order valence-electron chi connectivity index (χ4n) is 10.6. The number of rotatable bonds is 4. The second-order valence-corrected chi connectivity index (χ2v) is 16.4. The molecule has 61 heavy (non-hydrogen) atoms. The van der Waals surface area contributed by atoms with E-state index in [-0.39, 0.29) is 0 Å². The first-order chi connectivity index (χ1) is 30.3. The molecule has 0 fully saturated rings. The van der Waals surface area contributed by atoms with Crippen LogP contribution in [0.25, 0.3) is 65.3 Å². The third-order valence-corrected chi connectivity index (χ3v) is 13.3. The van der Waals surface area contributed by atoms with Gasteiger partial charge in [0.05, 0.1) is 16.8 Å². The van der Waals surface area contributed by atoms with Crippen molar-refractivity contribution in [1.29, 1.82) is 0 Å². The Labute approximate surface area is 354 Å². The van der Waals surface area contributed by atoms with E-state index in [2.05, 4.69) is 229 Å². The predicted octanol–water partition coefficient (Wildman–Crippen LogP) is 15.9. The van der Waals surface area contributed by atoms with Gasteiger partial charge < -0.3 is 9.64 Å². The minimum absolute atomic E-state index is 0.581. The fourth-order valence-corrected chi connectivity index (χ4v) is 10.6. The topological polar surface area (TPSA) is 12.5 Å². The molecule has 0 saturated carbocycles. The van der Waals surface area contributed by atoms with Crippen LogP contribution in [0, 0.1) is 0 Å². The molecule has 1 aliphatic carbocycles. The summed E-state index contributed by atoms with van der Waals surface area (Å²) in [6, 6.07) is 82.3. The quantitative estimate of drug-likeness (QED) is 0.177. The highest BCUT2D eigenvalue weighted by Gasteiger charge is 2.51. The molecule has 2 heteroatoms. The molecule has 2 nitrogen and oxygen atoms in total. The van der Waals surface area contributed by atoms with E-state index in [0.717, 1.165) is 44.9 Å². The van der Waals surface area contributed by atoms with Gasteiger partial charge in [0.15, 0.2) is 0 Å². The maximum atomic E-state index is 7.17. The molecule has 0 atom stereocenters. The van der Waals surface area contributed by atoms with E-state index < -0.39 is 5.41 Å². The van der Waals surface area contributed by atoms with Crippen molar-refractivity contribution < 1.29 is 4.74 Å². The van der Waals surface area contributed by atoms with Gasteiger partial charge in [-0.25, -0.2) is 0 Å². The van der Waals surface area contributed by atoms with Crippen LogP contribution < -0.4 is 9.64 Å². The molecule has 0 bridgehead atoms. The van der Waals surface area contributed by atoms with Crippen LogP contribution in [-0.2, 0) is 5.41 Å². The van der Waals surface area contributed by atoms with Crippen molar-refractivity contribution in [3.8, 4) is 33.8 Å². The van der Waals surface area contributed by atoms with Crippen molar-refractivity contribution >= 4 is 60.2 Å². The molecule has 11 aromatic rings. The number of hydrogen-bond acceptors (Lipinski definition) is 2. The maximum absolute atomic E-state index is 7.17. The fraction of sp³-hybridized carbons (Fsp3) is 0.0169. The van der Waals surface area contributed by atoms with Crippen LogP contribution in [0.1, 0.15) is 22.3 Å². The molecule has 0 radical (unpaired) electrons. The molecule has 0 N–H and O–H groups in total. The molecular weight excluding hydrogens is 739 g/mol. The number of nitrogens with zero attached hydrogens (tertiary/aromatic N) is 1. The van der Waals surface area contributed by atoms with E-state index >= 15 is 0 Å². The van der Waals surface area contributed by atoms with Crippen molar-refractivity contribution in [2.75, 3.05) is 4.90 Å². The molecule has 13 rings (SSSR count). The largest absolute Gasteiger partial charge is 0.455 e. The minimum Gasteiger partial charge on any atom is -0.455 e. The molecule has 0 unspecified atom stereocenters. The lowest BCUT2D eigenvalue weighted by atomic mass is 9.65. The van der Waals surface area contributed by atoms with Gasteiger partial charge in [-0.2, -0.15) is 0 Å². The van der Waals surface area contributed by atoms with Gasteiger partial charge >= 0.3 is 0 Å². The molecule has 0 aromatic heterocycles. The van der Waals surface area contributed by atoms with Gasteiger partial charge in [0.1, 0.15) is 11.5 Å². The normalized spacial score (nSPS) is 13.2. The summed E-state index contributed by atoms with van der Waals surface area (Å²) in [6.07, 6.45) is 0. The predicted molar refractivity (Wildman–Crippen MR) is 254 cm³/mol. The second kappa shape index (κ2) is 13.0. The lowest BCUT2D eigenvalue weighted by Crippen LogP contribution is -2.32. The molecule has 1 aliphatic heterocycles. The standard InChI is InChI=1S/C59H37NO/c1-5-22-45-38(14-1)18-12-28-55(45)60(56-29-13-19-39-15-2-6-23-46(39)56)44-21-11-20-42(36-44)43-32-33-52-50(37-43)49-26-9-10-27-51(49)59(52)53-34-30-40-16-3-7-24-47(40)57(53)61-58-48-25-8-4-17-41(48)31-35-54(58)59/h1-37H. The van der Waals surface area contributed by atoms with E-state index in [1.54, 1.807) is 0 Å². The van der Waals surface area contributed by atoms with Crippen LogP contribution in [0.15, 0.2) is 224 Å². The van der Waals surface area contributed by atoms with Crippen molar-refractivity contribution in [2.24, 2.45) is 0 Å². The van der Waals surface area contributed by atoms with Crippen molar-refractivity contribution in [3.05, 3.63) is 247 Å². The smallest absolute Gasteiger partial charge is 0.140 e. The van der Waals surface area contributed by atoms with E-state index in [1.807, 2.05) is 0 Å².